The molecule has 3 heteroatoms. The zero-order chi connectivity index (χ0) is 14.3. The molecular formula is C16H28N2O. The van der Waals surface area contributed by atoms with Gasteiger partial charge in [0, 0.05) is 31.2 Å². The van der Waals surface area contributed by atoms with Gasteiger partial charge in [0.2, 0.25) is 0 Å². The molecule has 0 aromatic heterocycles. The summed E-state index contributed by atoms with van der Waals surface area (Å²) in [5, 5.41) is 6.85. The Balaban J connectivity index is 2.53. The SMILES string of the molecule is COc1ccc(C(C)C)cc1CNCCNC(C)C. The van der Waals surface area contributed by atoms with Crippen LogP contribution in [0.3, 0.4) is 0 Å². The highest BCUT2D eigenvalue weighted by molar-refractivity contribution is 5.38. The number of rotatable bonds is 8. The van der Waals surface area contributed by atoms with Crippen LogP contribution in [-0.4, -0.2) is 26.2 Å². The van der Waals surface area contributed by atoms with Crippen molar-refractivity contribution in [1.29, 1.82) is 0 Å². The molecule has 0 spiro atoms. The van der Waals surface area contributed by atoms with Gasteiger partial charge in [-0.25, -0.2) is 0 Å². The fourth-order valence-electron chi connectivity index (χ4n) is 1.97. The lowest BCUT2D eigenvalue weighted by molar-refractivity contribution is 0.407. The molecule has 0 bridgehead atoms. The highest BCUT2D eigenvalue weighted by Gasteiger charge is 2.06. The van der Waals surface area contributed by atoms with Crippen molar-refractivity contribution in [2.24, 2.45) is 0 Å². The van der Waals surface area contributed by atoms with Gasteiger partial charge in [0.25, 0.3) is 0 Å². The minimum atomic E-state index is 0.542. The number of hydrogen-bond acceptors (Lipinski definition) is 3. The minimum absolute atomic E-state index is 0.542. The van der Waals surface area contributed by atoms with Crippen LogP contribution in [0.5, 0.6) is 5.75 Å². The van der Waals surface area contributed by atoms with E-state index in [1.54, 1.807) is 7.11 Å². The van der Waals surface area contributed by atoms with E-state index in [0.29, 0.717) is 12.0 Å². The molecule has 108 valence electrons. The summed E-state index contributed by atoms with van der Waals surface area (Å²) in [5.74, 6) is 1.51. The van der Waals surface area contributed by atoms with Crippen LogP contribution in [0.1, 0.15) is 44.7 Å². The molecule has 1 aromatic carbocycles. The largest absolute Gasteiger partial charge is 0.496 e. The first-order valence-corrected chi connectivity index (χ1v) is 7.15. The highest BCUT2D eigenvalue weighted by Crippen LogP contribution is 2.23. The average Bonchev–Trinajstić information content (AvgIpc) is 2.37. The Kier molecular flexibility index (Phi) is 6.89. The van der Waals surface area contributed by atoms with E-state index in [9.17, 15) is 0 Å². The number of methoxy groups -OCH3 is 1. The Morgan fingerprint density at radius 2 is 1.84 bits per heavy atom. The second-order valence-electron chi connectivity index (χ2n) is 5.51. The summed E-state index contributed by atoms with van der Waals surface area (Å²) in [6, 6.07) is 7.00. The van der Waals surface area contributed by atoms with E-state index in [1.807, 2.05) is 0 Å². The maximum absolute atomic E-state index is 5.42. The molecule has 3 nitrogen and oxygen atoms in total. The van der Waals surface area contributed by atoms with Gasteiger partial charge in [-0.05, 0) is 17.5 Å². The summed E-state index contributed by atoms with van der Waals surface area (Å²) in [6.07, 6.45) is 0. The van der Waals surface area contributed by atoms with Crippen LogP contribution in [0.4, 0.5) is 0 Å². The summed E-state index contributed by atoms with van der Waals surface area (Å²) in [5.41, 5.74) is 2.59. The van der Waals surface area contributed by atoms with E-state index in [0.717, 1.165) is 25.4 Å². The van der Waals surface area contributed by atoms with Crippen LogP contribution < -0.4 is 15.4 Å². The Morgan fingerprint density at radius 3 is 2.42 bits per heavy atom. The van der Waals surface area contributed by atoms with Crippen LogP contribution in [-0.2, 0) is 6.54 Å². The topological polar surface area (TPSA) is 33.3 Å². The van der Waals surface area contributed by atoms with Gasteiger partial charge in [0.1, 0.15) is 5.75 Å². The molecule has 0 aliphatic heterocycles. The van der Waals surface area contributed by atoms with E-state index in [2.05, 4.69) is 56.5 Å². The molecular weight excluding hydrogens is 236 g/mol. The third-order valence-corrected chi connectivity index (χ3v) is 3.14. The number of benzene rings is 1. The molecule has 2 N–H and O–H groups in total. The van der Waals surface area contributed by atoms with E-state index < -0.39 is 0 Å². The third-order valence-electron chi connectivity index (χ3n) is 3.14. The molecule has 0 amide bonds. The molecule has 0 heterocycles. The smallest absolute Gasteiger partial charge is 0.123 e. The molecule has 1 aromatic rings. The summed E-state index contributed by atoms with van der Waals surface area (Å²) in [7, 11) is 1.73. The van der Waals surface area contributed by atoms with Gasteiger partial charge in [-0.3, -0.25) is 0 Å². The first kappa shape index (κ1) is 16.0. The van der Waals surface area contributed by atoms with Gasteiger partial charge in [0.15, 0.2) is 0 Å². The van der Waals surface area contributed by atoms with Crippen LogP contribution in [0.15, 0.2) is 18.2 Å². The summed E-state index contributed by atoms with van der Waals surface area (Å²) in [4.78, 5) is 0. The standard InChI is InChI=1S/C16H28N2O/c1-12(2)14-6-7-16(19-5)15(10-14)11-17-8-9-18-13(3)4/h6-7,10,12-13,17-18H,8-9,11H2,1-5H3. The molecule has 0 saturated carbocycles. The van der Waals surface area contributed by atoms with Gasteiger partial charge in [0.05, 0.1) is 7.11 Å². The molecule has 0 atom stereocenters. The van der Waals surface area contributed by atoms with Gasteiger partial charge in [-0.2, -0.15) is 0 Å². The van der Waals surface area contributed by atoms with Crippen molar-refractivity contribution in [2.75, 3.05) is 20.2 Å². The molecule has 1 rings (SSSR count). The van der Waals surface area contributed by atoms with Crippen molar-refractivity contribution in [3.8, 4) is 5.75 Å². The van der Waals surface area contributed by atoms with E-state index in [-0.39, 0.29) is 0 Å². The van der Waals surface area contributed by atoms with Crippen molar-refractivity contribution in [3.63, 3.8) is 0 Å². The predicted molar refractivity (Wildman–Crippen MR) is 81.9 cm³/mol. The maximum atomic E-state index is 5.42. The lowest BCUT2D eigenvalue weighted by atomic mass is 10.0. The average molecular weight is 264 g/mol. The first-order chi connectivity index (χ1) is 9.04. The second-order valence-corrected chi connectivity index (χ2v) is 5.51. The summed E-state index contributed by atoms with van der Waals surface area (Å²) < 4.78 is 5.42. The van der Waals surface area contributed by atoms with Crippen LogP contribution >= 0.6 is 0 Å². The molecule has 0 aliphatic rings. The molecule has 0 aliphatic carbocycles. The van der Waals surface area contributed by atoms with Gasteiger partial charge in [-0.15, -0.1) is 0 Å². The summed E-state index contributed by atoms with van der Waals surface area (Å²) >= 11 is 0. The van der Waals surface area contributed by atoms with E-state index in [1.165, 1.54) is 11.1 Å². The third kappa shape index (κ3) is 5.62. The fourth-order valence-corrected chi connectivity index (χ4v) is 1.97. The van der Waals surface area contributed by atoms with Crippen molar-refractivity contribution < 1.29 is 4.74 Å². The monoisotopic (exact) mass is 264 g/mol. The maximum Gasteiger partial charge on any atom is 0.123 e. The second kappa shape index (κ2) is 8.18. The van der Waals surface area contributed by atoms with Gasteiger partial charge >= 0.3 is 0 Å². The van der Waals surface area contributed by atoms with Crippen molar-refractivity contribution in [1.82, 2.24) is 10.6 Å². The number of nitrogens with one attached hydrogen (secondary N) is 2. The van der Waals surface area contributed by atoms with Crippen LogP contribution in [0.25, 0.3) is 0 Å². The number of hydrogen-bond donors (Lipinski definition) is 2. The molecule has 0 saturated heterocycles. The highest BCUT2D eigenvalue weighted by atomic mass is 16.5. The van der Waals surface area contributed by atoms with Crippen LogP contribution in [0.2, 0.25) is 0 Å². The lowest BCUT2D eigenvalue weighted by Crippen LogP contribution is -2.31. The zero-order valence-electron chi connectivity index (χ0n) is 12.9. The summed E-state index contributed by atoms with van der Waals surface area (Å²) in [6.45, 7) is 11.6. The van der Waals surface area contributed by atoms with Crippen molar-refractivity contribution >= 4 is 0 Å². The molecule has 0 unspecified atom stereocenters. The molecule has 0 radical (unpaired) electrons. The molecule has 19 heavy (non-hydrogen) atoms. The normalized spacial score (nSPS) is 11.3. The Labute approximate surface area is 117 Å². The Morgan fingerprint density at radius 1 is 1.11 bits per heavy atom. The number of ether oxygens (including phenoxy) is 1. The van der Waals surface area contributed by atoms with Crippen molar-refractivity contribution in [2.45, 2.75) is 46.2 Å². The van der Waals surface area contributed by atoms with Gasteiger partial charge in [-0.1, -0.05) is 39.8 Å². The van der Waals surface area contributed by atoms with E-state index in [4.69, 9.17) is 4.74 Å². The van der Waals surface area contributed by atoms with Crippen molar-refractivity contribution in [3.05, 3.63) is 29.3 Å². The zero-order valence-corrected chi connectivity index (χ0v) is 12.9. The predicted octanol–water partition coefficient (Wildman–Crippen LogP) is 2.91. The van der Waals surface area contributed by atoms with E-state index >= 15 is 0 Å². The first-order valence-electron chi connectivity index (χ1n) is 7.15. The van der Waals surface area contributed by atoms with Gasteiger partial charge < -0.3 is 15.4 Å². The fraction of sp³-hybridized carbons (Fsp3) is 0.625. The Bertz CT molecular complexity index is 375. The quantitative estimate of drug-likeness (QED) is 0.708. The Hall–Kier alpha value is -1.06. The minimum Gasteiger partial charge on any atom is -0.496 e. The van der Waals surface area contributed by atoms with Crippen LogP contribution in [0, 0.1) is 0 Å². The lowest BCUT2D eigenvalue weighted by Gasteiger charge is -2.14. The molecule has 0 fully saturated rings.